The van der Waals surface area contributed by atoms with Crippen molar-refractivity contribution in [2.45, 2.75) is 18.3 Å². The number of hydrogen-bond acceptors (Lipinski definition) is 3. The first-order valence-electron chi connectivity index (χ1n) is 7.95. The molecule has 1 aliphatic carbocycles. The Kier molecular flexibility index (Phi) is 2.58. The van der Waals surface area contributed by atoms with Crippen LogP contribution in [-0.4, -0.2) is 23.1 Å². The monoisotopic (exact) mass is 287 g/mol. The molecule has 2 unspecified atom stereocenters. The molecule has 108 valence electrons. The molecule has 1 fully saturated rings. The Morgan fingerprint density at radius 3 is 2.41 bits per heavy atom. The lowest BCUT2D eigenvalue weighted by Crippen LogP contribution is -2.28. The fourth-order valence-corrected chi connectivity index (χ4v) is 3.96. The van der Waals surface area contributed by atoms with E-state index in [1.54, 1.807) is 0 Å². The third kappa shape index (κ3) is 1.79. The average Bonchev–Trinajstić information content (AvgIpc) is 2.83. The Hall–Kier alpha value is -2.26. The molecule has 1 aliphatic heterocycles. The lowest BCUT2D eigenvalue weighted by molar-refractivity contribution is 0.454. The number of aromatic nitrogens is 2. The maximum atomic E-state index is 4.85. The first kappa shape index (κ1) is 12.3. The van der Waals surface area contributed by atoms with Crippen LogP contribution in [0.15, 0.2) is 48.7 Å². The maximum Gasteiger partial charge on any atom is 0.0897 e. The first-order valence-corrected chi connectivity index (χ1v) is 7.95. The predicted octanol–water partition coefficient (Wildman–Crippen LogP) is 3.47. The normalized spacial score (nSPS) is 22.7. The second-order valence-electron chi connectivity index (χ2n) is 6.38. The molecular formula is C19H17N3. The first-order chi connectivity index (χ1) is 10.9. The molecule has 1 aromatic heterocycles. The third-order valence-corrected chi connectivity index (χ3v) is 5.05. The van der Waals surface area contributed by atoms with Gasteiger partial charge in [0.15, 0.2) is 0 Å². The second-order valence-corrected chi connectivity index (χ2v) is 6.38. The van der Waals surface area contributed by atoms with E-state index in [4.69, 9.17) is 4.98 Å². The quantitative estimate of drug-likeness (QED) is 0.744. The molecule has 3 aromatic rings. The van der Waals surface area contributed by atoms with E-state index in [0.717, 1.165) is 35.4 Å². The van der Waals surface area contributed by atoms with E-state index in [1.807, 2.05) is 24.4 Å². The number of nitrogens with one attached hydrogen (secondary N) is 1. The Labute approximate surface area is 129 Å². The minimum absolute atomic E-state index is 0.653. The molecule has 0 spiro atoms. The summed E-state index contributed by atoms with van der Waals surface area (Å²) >= 11 is 0. The van der Waals surface area contributed by atoms with Crippen LogP contribution in [0.2, 0.25) is 0 Å². The van der Waals surface area contributed by atoms with Crippen molar-refractivity contribution in [2.75, 3.05) is 13.1 Å². The predicted molar refractivity (Wildman–Crippen MR) is 87.9 cm³/mol. The number of nitrogens with zero attached hydrogens (tertiary/aromatic N) is 2. The van der Waals surface area contributed by atoms with Gasteiger partial charge in [-0.3, -0.25) is 4.98 Å². The maximum absolute atomic E-state index is 4.85. The number of fused-ring (bicyclic) bond motifs is 6. The van der Waals surface area contributed by atoms with Crippen LogP contribution in [0.25, 0.3) is 22.3 Å². The van der Waals surface area contributed by atoms with E-state index in [0.29, 0.717) is 11.8 Å². The molecule has 22 heavy (non-hydrogen) atoms. The van der Waals surface area contributed by atoms with E-state index in [2.05, 4.69) is 34.6 Å². The summed E-state index contributed by atoms with van der Waals surface area (Å²) in [6.07, 6.45) is 3.17. The molecule has 1 N–H and O–H groups in total. The third-order valence-electron chi connectivity index (χ3n) is 5.05. The lowest BCUT2D eigenvalue weighted by Gasteiger charge is -2.19. The molecule has 0 saturated carbocycles. The Bertz CT molecular complexity index is 857. The topological polar surface area (TPSA) is 37.8 Å². The van der Waals surface area contributed by atoms with Crippen LogP contribution in [-0.2, 0) is 0 Å². The highest BCUT2D eigenvalue weighted by atomic mass is 14.9. The molecule has 2 aliphatic rings. The molecule has 2 aromatic carbocycles. The van der Waals surface area contributed by atoms with Gasteiger partial charge in [-0.1, -0.05) is 30.3 Å². The van der Waals surface area contributed by atoms with E-state index < -0.39 is 0 Å². The average molecular weight is 287 g/mol. The van der Waals surface area contributed by atoms with E-state index in [9.17, 15) is 0 Å². The summed E-state index contributed by atoms with van der Waals surface area (Å²) in [6.45, 7) is 2.20. The molecule has 2 atom stereocenters. The summed E-state index contributed by atoms with van der Waals surface area (Å²) in [6, 6.07) is 14.8. The molecule has 5 rings (SSSR count). The van der Waals surface area contributed by atoms with Crippen molar-refractivity contribution in [1.82, 2.24) is 15.3 Å². The summed E-state index contributed by atoms with van der Waals surface area (Å²) in [7, 11) is 0. The summed E-state index contributed by atoms with van der Waals surface area (Å²) in [5.74, 6) is 1.31. The van der Waals surface area contributed by atoms with Crippen molar-refractivity contribution >= 4 is 11.0 Å². The van der Waals surface area contributed by atoms with Crippen LogP contribution in [0.4, 0.5) is 0 Å². The molecule has 2 bridgehead atoms. The zero-order valence-electron chi connectivity index (χ0n) is 12.3. The molecule has 3 heteroatoms. The molecule has 3 nitrogen and oxygen atoms in total. The smallest absolute Gasteiger partial charge is 0.0897 e. The van der Waals surface area contributed by atoms with Gasteiger partial charge in [-0.2, -0.15) is 0 Å². The van der Waals surface area contributed by atoms with Crippen LogP contribution in [0.3, 0.4) is 0 Å². The number of piperidine rings is 1. The van der Waals surface area contributed by atoms with Gasteiger partial charge in [-0.05, 0) is 41.5 Å². The van der Waals surface area contributed by atoms with Crippen molar-refractivity contribution in [1.29, 1.82) is 0 Å². The summed E-state index contributed by atoms with van der Waals surface area (Å²) < 4.78 is 0. The second kappa shape index (κ2) is 4.62. The van der Waals surface area contributed by atoms with Gasteiger partial charge < -0.3 is 5.32 Å². The highest BCUT2D eigenvalue weighted by Gasteiger charge is 2.34. The van der Waals surface area contributed by atoms with Gasteiger partial charge in [0.25, 0.3) is 0 Å². The molecular weight excluding hydrogens is 270 g/mol. The van der Waals surface area contributed by atoms with Crippen LogP contribution >= 0.6 is 0 Å². The van der Waals surface area contributed by atoms with Crippen LogP contribution < -0.4 is 5.32 Å². The largest absolute Gasteiger partial charge is 0.316 e. The zero-order chi connectivity index (χ0) is 14.5. The van der Waals surface area contributed by atoms with Gasteiger partial charge in [-0.15, -0.1) is 0 Å². The van der Waals surface area contributed by atoms with Crippen molar-refractivity contribution < 1.29 is 0 Å². The highest BCUT2D eigenvalue weighted by Crippen LogP contribution is 2.44. The number of benzene rings is 2. The van der Waals surface area contributed by atoms with Gasteiger partial charge in [-0.25, -0.2) is 4.98 Å². The van der Waals surface area contributed by atoms with Gasteiger partial charge in [0.05, 0.1) is 22.9 Å². The van der Waals surface area contributed by atoms with E-state index in [1.165, 1.54) is 17.5 Å². The van der Waals surface area contributed by atoms with Crippen molar-refractivity contribution in [3.05, 3.63) is 59.8 Å². The van der Waals surface area contributed by atoms with Gasteiger partial charge in [0, 0.05) is 18.7 Å². The van der Waals surface area contributed by atoms with Crippen LogP contribution in [0, 0.1) is 0 Å². The number of hydrogen-bond donors (Lipinski definition) is 1. The molecule has 2 heterocycles. The summed E-state index contributed by atoms with van der Waals surface area (Å²) in [5, 5.41) is 3.54. The molecule has 1 saturated heterocycles. The highest BCUT2D eigenvalue weighted by molar-refractivity contribution is 5.80. The van der Waals surface area contributed by atoms with Crippen molar-refractivity contribution in [3.8, 4) is 11.3 Å². The summed E-state index contributed by atoms with van der Waals surface area (Å²) in [4.78, 5) is 9.52. The van der Waals surface area contributed by atoms with Crippen LogP contribution in [0.1, 0.15) is 29.4 Å². The Morgan fingerprint density at radius 2 is 1.64 bits per heavy atom. The zero-order valence-corrected chi connectivity index (χ0v) is 12.3. The van der Waals surface area contributed by atoms with Gasteiger partial charge in [0.1, 0.15) is 0 Å². The van der Waals surface area contributed by atoms with Crippen molar-refractivity contribution in [3.63, 3.8) is 0 Å². The standard InChI is InChI=1S/C19H17N3/c1-2-4-12(5-3-1)19-11-21-17-7-15-13-6-14(10-20-9-13)16(15)8-18(17)22-19/h1-5,7-8,11,13-14,20H,6,9-10H2. The Balaban J connectivity index is 1.68. The van der Waals surface area contributed by atoms with Crippen molar-refractivity contribution in [2.24, 2.45) is 0 Å². The minimum Gasteiger partial charge on any atom is -0.316 e. The van der Waals surface area contributed by atoms with Gasteiger partial charge in [0.2, 0.25) is 0 Å². The van der Waals surface area contributed by atoms with E-state index in [-0.39, 0.29) is 0 Å². The fraction of sp³-hybridized carbons (Fsp3) is 0.263. The minimum atomic E-state index is 0.653. The molecule has 0 radical (unpaired) electrons. The van der Waals surface area contributed by atoms with Crippen LogP contribution in [0.5, 0.6) is 0 Å². The lowest BCUT2D eigenvalue weighted by atomic mass is 9.98. The van der Waals surface area contributed by atoms with Gasteiger partial charge >= 0.3 is 0 Å². The summed E-state index contributed by atoms with van der Waals surface area (Å²) in [5.41, 5.74) is 7.09. The number of rotatable bonds is 1. The fourth-order valence-electron chi connectivity index (χ4n) is 3.96. The Morgan fingerprint density at radius 1 is 0.909 bits per heavy atom. The molecule has 0 amide bonds. The SMILES string of the molecule is c1ccc(-c2cnc3cc4c(cc3n2)C2CNCC4C2)cc1. The van der Waals surface area contributed by atoms with E-state index >= 15 is 0 Å².